The van der Waals surface area contributed by atoms with Crippen molar-refractivity contribution in [2.24, 2.45) is 0 Å². The van der Waals surface area contributed by atoms with Gasteiger partial charge in [-0.2, -0.15) is 0 Å². The van der Waals surface area contributed by atoms with Crippen LogP contribution in [0.3, 0.4) is 0 Å². The standard InChI is InChI=1S/C15H22N2O2/c1-3-12-10-18-15-13(5-4-6-14(15)19-12)17-8-7-16-9-11(17)2/h4-6,11-12,16H,3,7-10H2,1-2H3. The van der Waals surface area contributed by atoms with Gasteiger partial charge < -0.3 is 19.7 Å². The van der Waals surface area contributed by atoms with Crippen molar-refractivity contribution < 1.29 is 9.47 Å². The van der Waals surface area contributed by atoms with Crippen molar-refractivity contribution in [2.75, 3.05) is 31.1 Å². The van der Waals surface area contributed by atoms with Gasteiger partial charge in [0.15, 0.2) is 11.5 Å². The summed E-state index contributed by atoms with van der Waals surface area (Å²) >= 11 is 0. The minimum Gasteiger partial charge on any atom is -0.484 e. The number of fused-ring (bicyclic) bond motifs is 1. The summed E-state index contributed by atoms with van der Waals surface area (Å²) in [7, 11) is 0. The second-order valence-electron chi connectivity index (χ2n) is 5.31. The number of nitrogens with one attached hydrogen (secondary N) is 1. The van der Waals surface area contributed by atoms with E-state index in [1.165, 1.54) is 5.69 Å². The molecule has 4 heteroatoms. The zero-order valence-corrected chi connectivity index (χ0v) is 11.7. The van der Waals surface area contributed by atoms with Crippen LogP contribution in [0.2, 0.25) is 0 Å². The minimum absolute atomic E-state index is 0.184. The maximum Gasteiger partial charge on any atom is 0.184 e. The summed E-state index contributed by atoms with van der Waals surface area (Å²) in [6.07, 6.45) is 1.16. The highest BCUT2D eigenvalue weighted by Gasteiger charge is 2.27. The number of rotatable bonds is 2. The van der Waals surface area contributed by atoms with Gasteiger partial charge in [-0.05, 0) is 25.5 Å². The van der Waals surface area contributed by atoms with Crippen molar-refractivity contribution in [3.05, 3.63) is 18.2 Å². The Bertz CT molecular complexity index is 450. The molecule has 3 rings (SSSR count). The SMILES string of the molecule is CCC1COc2c(cccc2N2CCNCC2C)O1. The number of piperazine rings is 1. The van der Waals surface area contributed by atoms with Crippen LogP contribution in [0.15, 0.2) is 18.2 Å². The zero-order valence-electron chi connectivity index (χ0n) is 11.7. The molecular formula is C15H22N2O2. The Hall–Kier alpha value is -1.42. The second kappa shape index (κ2) is 5.29. The predicted molar refractivity (Wildman–Crippen MR) is 76.3 cm³/mol. The number of nitrogens with zero attached hydrogens (tertiary/aromatic N) is 1. The number of anilines is 1. The fourth-order valence-electron chi connectivity index (χ4n) is 2.76. The van der Waals surface area contributed by atoms with E-state index in [2.05, 4.69) is 36.2 Å². The third-order valence-corrected chi connectivity index (χ3v) is 3.93. The van der Waals surface area contributed by atoms with Crippen molar-refractivity contribution in [2.45, 2.75) is 32.4 Å². The summed E-state index contributed by atoms with van der Waals surface area (Å²) in [5.41, 5.74) is 1.17. The van der Waals surface area contributed by atoms with E-state index in [1.54, 1.807) is 0 Å². The first-order valence-corrected chi connectivity index (χ1v) is 7.19. The molecule has 4 nitrogen and oxygen atoms in total. The van der Waals surface area contributed by atoms with Crippen molar-refractivity contribution in [3.63, 3.8) is 0 Å². The van der Waals surface area contributed by atoms with Crippen LogP contribution in [0.5, 0.6) is 11.5 Å². The lowest BCUT2D eigenvalue weighted by atomic mass is 10.1. The quantitative estimate of drug-likeness (QED) is 0.884. The Morgan fingerprint density at radius 1 is 1.42 bits per heavy atom. The lowest BCUT2D eigenvalue weighted by Gasteiger charge is -2.38. The molecule has 2 heterocycles. The molecule has 1 aromatic rings. The van der Waals surface area contributed by atoms with E-state index < -0.39 is 0 Å². The van der Waals surface area contributed by atoms with Crippen LogP contribution in [-0.2, 0) is 0 Å². The highest BCUT2D eigenvalue weighted by Crippen LogP contribution is 2.41. The molecule has 0 spiro atoms. The second-order valence-corrected chi connectivity index (χ2v) is 5.31. The van der Waals surface area contributed by atoms with Gasteiger partial charge in [-0.1, -0.05) is 13.0 Å². The highest BCUT2D eigenvalue weighted by atomic mass is 16.6. The number of benzene rings is 1. The topological polar surface area (TPSA) is 33.7 Å². The van der Waals surface area contributed by atoms with Crippen molar-refractivity contribution in [1.29, 1.82) is 0 Å². The average Bonchev–Trinajstić information content (AvgIpc) is 2.46. The molecule has 1 saturated heterocycles. The number of para-hydroxylation sites is 1. The van der Waals surface area contributed by atoms with E-state index in [4.69, 9.17) is 9.47 Å². The predicted octanol–water partition coefficient (Wildman–Crippen LogP) is 2.03. The van der Waals surface area contributed by atoms with E-state index in [1.807, 2.05) is 6.07 Å². The molecule has 0 radical (unpaired) electrons. The molecular weight excluding hydrogens is 240 g/mol. The molecule has 2 atom stereocenters. The third kappa shape index (κ3) is 2.37. The van der Waals surface area contributed by atoms with Crippen molar-refractivity contribution >= 4 is 5.69 Å². The van der Waals surface area contributed by atoms with Gasteiger partial charge in [0, 0.05) is 25.7 Å². The number of hydrogen-bond donors (Lipinski definition) is 1. The van der Waals surface area contributed by atoms with Crippen LogP contribution in [0.4, 0.5) is 5.69 Å². The summed E-state index contributed by atoms with van der Waals surface area (Å²) in [5, 5.41) is 3.42. The van der Waals surface area contributed by atoms with Gasteiger partial charge in [0.25, 0.3) is 0 Å². The molecule has 2 unspecified atom stereocenters. The van der Waals surface area contributed by atoms with Crippen molar-refractivity contribution in [3.8, 4) is 11.5 Å². The molecule has 1 fully saturated rings. The normalized spacial score (nSPS) is 26.3. The molecule has 1 aromatic carbocycles. The summed E-state index contributed by atoms with van der Waals surface area (Å²) in [4.78, 5) is 2.41. The van der Waals surface area contributed by atoms with Gasteiger partial charge in [0.05, 0.1) is 5.69 Å². The Morgan fingerprint density at radius 3 is 3.11 bits per heavy atom. The van der Waals surface area contributed by atoms with Gasteiger partial charge >= 0.3 is 0 Å². The summed E-state index contributed by atoms with van der Waals surface area (Å²) in [6.45, 7) is 8.07. The van der Waals surface area contributed by atoms with Crippen LogP contribution >= 0.6 is 0 Å². The Labute approximate surface area is 114 Å². The molecule has 1 N–H and O–H groups in total. The molecule has 19 heavy (non-hydrogen) atoms. The smallest absolute Gasteiger partial charge is 0.184 e. The lowest BCUT2D eigenvalue weighted by molar-refractivity contribution is 0.0887. The van der Waals surface area contributed by atoms with Crippen LogP contribution in [0.25, 0.3) is 0 Å². The van der Waals surface area contributed by atoms with Gasteiger partial charge in [-0.15, -0.1) is 0 Å². The average molecular weight is 262 g/mol. The first-order valence-electron chi connectivity index (χ1n) is 7.19. The Balaban J connectivity index is 1.90. The zero-order chi connectivity index (χ0) is 13.2. The fraction of sp³-hybridized carbons (Fsp3) is 0.600. The largest absolute Gasteiger partial charge is 0.484 e. The molecule has 0 saturated carbocycles. The van der Waals surface area contributed by atoms with Crippen molar-refractivity contribution in [1.82, 2.24) is 5.32 Å². The first-order chi connectivity index (χ1) is 9.29. The van der Waals surface area contributed by atoms with Gasteiger partial charge in [0.1, 0.15) is 12.7 Å². The van der Waals surface area contributed by atoms with Gasteiger partial charge in [-0.3, -0.25) is 0 Å². The maximum atomic E-state index is 5.98. The van der Waals surface area contributed by atoms with E-state index in [9.17, 15) is 0 Å². The molecule has 0 aliphatic carbocycles. The summed E-state index contributed by atoms with van der Waals surface area (Å²) < 4.78 is 12.0. The van der Waals surface area contributed by atoms with E-state index >= 15 is 0 Å². The summed E-state index contributed by atoms with van der Waals surface area (Å²) in [5.74, 6) is 1.81. The van der Waals surface area contributed by atoms with Crippen LogP contribution < -0.4 is 19.7 Å². The molecule has 0 bridgehead atoms. The molecule has 2 aliphatic heterocycles. The summed E-state index contributed by atoms with van der Waals surface area (Å²) in [6, 6.07) is 6.68. The van der Waals surface area contributed by atoms with Gasteiger partial charge in [-0.25, -0.2) is 0 Å². The molecule has 0 amide bonds. The third-order valence-electron chi connectivity index (χ3n) is 3.93. The van der Waals surface area contributed by atoms with Crippen LogP contribution in [0.1, 0.15) is 20.3 Å². The lowest BCUT2D eigenvalue weighted by Crippen LogP contribution is -2.50. The molecule has 2 aliphatic rings. The van der Waals surface area contributed by atoms with Gasteiger partial charge in [0.2, 0.25) is 0 Å². The fourth-order valence-corrected chi connectivity index (χ4v) is 2.76. The number of ether oxygens (including phenoxy) is 2. The van der Waals surface area contributed by atoms with E-state index in [0.717, 1.165) is 37.6 Å². The monoisotopic (exact) mass is 262 g/mol. The Morgan fingerprint density at radius 2 is 2.32 bits per heavy atom. The van der Waals surface area contributed by atoms with Crippen LogP contribution in [-0.4, -0.2) is 38.4 Å². The number of hydrogen-bond acceptors (Lipinski definition) is 4. The molecule has 0 aromatic heterocycles. The Kier molecular flexibility index (Phi) is 3.51. The highest BCUT2D eigenvalue weighted by molar-refractivity contribution is 5.66. The molecule has 104 valence electrons. The van der Waals surface area contributed by atoms with E-state index in [0.29, 0.717) is 12.6 Å². The van der Waals surface area contributed by atoms with Crippen LogP contribution in [0, 0.1) is 0 Å². The minimum atomic E-state index is 0.184. The maximum absolute atomic E-state index is 5.98. The first kappa shape index (κ1) is 12.6. The van der Waals surface area contributed by atoms with E-state index in [-0.39, 0.29) is 6.10 Å².